The Labute approximate surface area is 122 Å². The molecule has 2 heterocycles. The van der Waals surface area contributed by atoms with E-state index < -0.39 is 0 Å². The van der Waals surface area contributed by atoms with Gasteiger partial charge in [-0.25, -0.2) is 15.0 Å². The standard InChI is InChI=1S/C15H15N5O/c1-15(3-4-15)12-5-10(11(6-16)13(17)20-12)9-7-18-14(21-2)19-8-9/h5,7-8H,3-4H2,1-2H3,(H2,17,20). The highest BCUT2D eigenvalue weighted by Gasteiger charge is 2.41. The van der Waals surface area contributed by atoms with E-state index in [0.717, 1.165) is 29.7 Å². The number of nitrogens with zero attached hydrogens (tertiary/aromatic N) is 4. The molecule has 2 N–H and O–H groups in total. The quantitative estimate of drug-likeness (QED) is 0.924. The normalized spacial score (nSPS) is 15.3. The Morgan fingerprint density at radius 1 is 1.33 bits per heavy atom. The summed E-state index contributed by atoms with van der Waals surface area (Å²) in [7, 11) is 1.51. The number of anilines is 1. The molecule has 0 unspecified atom stereocenters. The summed E-state index contributed by atoms with van der Waals surface area (Å²) in [5, 5.41) is 9.34. The van der Waals surface area contributed by atoms with Crippen LogP contribution in [0.25, 0.3) is 11.1 Å². The molecule has 1 aliphatic carbocycles. The summed E-state index contributed by atoms with van der Waals surface area (Å²) in [4.78, 5) is 12.6. The van der Waals surface area contributed by atoms with Crippen LogP contribution in [0.5, 0.6) is 6.01 Å². The SMILES string of the molecule is COc1ncc(-c2cc(C3(C)CC3)nc(N)c2C#N)cn1. The van der Waals surface area contributed by atoms with Crippen LogP contribution in [0.4, 0.5) is 5.82 Å². The zero-order valence-electron chi connectivity index (χ0n) is 11.9. The van der Waals surface area contributed by atoms with E-state index in [9.17, 15) is 5.26 Å². The highest BCUT2D eigenvalue weighted by Crippen LogP contribution is 2.48. The molecule has 0 radical (unpaired) electrons. The van der Waals surface area contributed by atoms with E-state index in [2.05, 4.69) is 27.9 Å². The highest BCUT2D eigenvalue weighted by molar-refractivity contribution is 5.75. The Balaban J connectivity index is 2.15. The molecule has 6 nitrogen and oxygen atoms in total. The maximum atomic E-state index is 9.34. The van der Waals surface area contributed by atoms with E-state index in [1.165, 1.54) is 7.11 Å². The van der Waals surface area contributed by atoms with Gasteiger partial charge in [-0.2, -0.15) is 5.26 Å². The molecule has 0 atom stereocenters. The third-order valence-electron chi connectivity index (χ3n) is 3.90. The highest BCUT2D eigenvalue weighted by atomic mass is 16.5. The molecule has 0 aliphatic heterocycles. The van der Waals surface area contributed by atoms with Crippen molar-refractivity contribution in [2.45, 2.75) is 25.2 Å². The van der Waals surface area contributed by atoms with Gasteiger partial charge in [-0.15, -0.1) is 0 Å². The minimum Gasteiger partial charge on any atom is -0.467 e. The molecular formula is C15H15N5O. The number of hydrogen-bond acceptors (Lipinski definition) is 6. The fourth-order valence-electron chi connectivity index (χ4n) is 2.22. The number of hydrogen-bond donors (Lipinski definition) is 1. The minimum atomic E-state index is 0.0736. The lowest BCUT2D eigenvalue weighted by atomic mass is 9.97. The summed E-state index contributed by atoms with van der Waals surface area (Å²) in [6, 6.07) is 4.33. The Morgan fingerprint density at radius 2 is 2.00 bits per heavy atom. The molecule has 1 fully saturated rings. The molecule has 1 aliphatic rings. The smallest absolute Gasteiger partial charge is 0.316 e. The average Bonchev–Trinajstić information content (AvgIpc) is 3.25. The first-order chi connectivity index (χ1) is 10.1. The average molecular weight is 281 g/mol. The Bertz CT molecular complexity index is 729. The van der Waals surface area contributed by atoms with Crippen molar-refractivity contribution in [3.63, 3.8) is 0 Å². The van der Waals surface area contributed by atoms with Gasteiger partial charge in [0.05, 0.1) is 7.11 Å². The second-order valence-corrected chi connectivity index (χ2v) is 5.45. The predicted octanol–water partition coefficient (Wildman–Crippen LogP) is 2.05. The fraction of sp³-hybridized carbons (Fsp3) is 0.333. The molecule has 1 saturated carbocycles. The van der Waals surface area contributed by atoms with E-state index in [1.807, 2.05) is 6.07 Å². The van der Waals surface area contributed by atoms with Crippen LogP contribution in [-0.4, -0.2) is 22.1 Å². The van der Waals surface area contributed by atoms with Gasteiger partial charge in [0.1, 0.15) is 17.5 Å². The van der Waals surface area contributed by atoms with Crippen molar-refractivity contribution in [1.29, 1.82) is 5.26 Å². The number of nitrogens with two attached hydrogens (primary N) is 1. The van der Waals surface area contributed by atoms with Crippen LogP contribution >= 0.6 is 0 Å². The van der Waals surface area contributed by atoms with Gasteiger partial charge in [-0.3, -0.25) is 0 Å². The molecule has 0 saturated heterocycles. The van der Waals surface area contributed by atoms with Crippen LogP contribution in [0.2, 0.25) is 0 Å². The van der Waals surface area contributed by atoms with Crippen molar-refractivity contribution in [3.05, 3.63) is 29.7 Å². The zero-order chi connectivity index (χ0) is 15.0. The van der Waals surface area contributed by atoms with Gasteiger partial charge in [-0.05, 0) is 18.9 Å². The fourth-order valence-corrected chi connectivity index (χ4v) is 2.22. The van der Waals surface area contributed by atoms with Crippen LogP contribution in [-0.2, 0) is 5.41 Å². The number of nitriles is 1. The number of methoxy groups -OCH3 is 1. The Hall–Kier alpha value is -2.68. The lowest BCUT2D eigenvalue weighted by Crippen LogP contribution is -2.08. The Kier molecular flexibility index (Phi) is 2.98. The molecule has 2 aromatic heterocycles. The summed E-state index contributed by atoms with van der Waals surface area (Å²) in [5.74, 6) is 0.258. The second kappa shape index (κ2) is 4.70. The monoisotopic (exact) mass is 281 g/mol. The maximum absolute atomic E-state index is 9.34. The van der Waals surface area contributed by atoms with E-state index >= 15 is 0 Å². The molecule has 106 valence electrons. The molecule has 3 rings (SSSR count). The number of rotatable bonds is 3. The van der Waals surface area contributed by atoms with Crippen molar-refractivity contribution < 1.29 is 4.74 Å². The lowest BCUT2D eigenvalue weighted by Gasteiger charge is -2.13. The van der Waals surface area contributed by atoms with Crippen molar-refractivity contribution >= 4 is 5.82 Å². The maximum Gasteiger partial charge on any atom is 0.316 e. The molecule has 2 aromatic rings. The minimum absolute atomic E-state index is 0.0736. The third kappa shape index (κ3) is 2.27. The van der Waals surface area contributed by atoms with E-state index in [1.54, 1.807) is 12.4 Å². The van der Waals surface area contributed by atoms with E-state index in [-0.39, 0.29) is 17.2 Å². The summed E-state index contributed by atoms with van der Waals surface area (Å²) < 4.78 is 4.95. The number of ether oxygens (including phenoxy) is 1. The van der Waals surface area contributed by atoms with Crippen LogP contribution in [0.15, 0.2) is 18.5 Å². The lowest BCUT2D eigenvalue weighted by molar-refractivity contribution is 0.380. The van der Waals surface area contributed by atoms with Crippen molar-refractivity contribution in [1.82, 2.24) is 15.0 Å². The van der Waals surface area contributed by atoms with E-state index in [4.69, 9.17) is 10.5 Å². The third-order valence-corrected chi connectivity index (χ3v) is 3.90. The van der Waals surface area contributed by atoms with Crippen LogP contribution < -0.4 is 10.5 Å². The van der Waals surface area contributed by atoms with Gasteiger partial charge in [0.15, 0.2) is 0 Å². The van der Waals surface area contributed by atoms with Gasteiger partial charge in [0.2, 0.25) is 0 Å². The zero-order valence-corrected chi connectivity index (χ0v) is 11.9. The van der Waals surface area contributed by atoms with Crippen LogP contribution in [0.1, 0.15) is 31.0 Å². The number of aromatic nitrogens is 3. The topological polar surface area (TPSA) is 97.7 Å². The first-order valence-electron chi connectivity index (χ1n) is 6.65. The summed E-state index contributed by atoms with van der Waals surface area (Å²) in [6.45, 7) is 2.15. The van der Waals surface area contributed by atoms with Crippen molar-refractivity contribution in [2.24, 2.45) is 0 Å². The first kappa shape index (κ1) is 13.3. The molecule has 0 amide bonds. The summed E-state index contributed by atoms with van der Waals surface area (Å²) >= 11 is 0. The van der Waals surface area contributed by atoms with Gasteiger partial charge in [-0.1, -0.05) is 6.92 Å². The second-order valence-electron chi connectivity index (χ2n) is 5.45. The van der Waals surface area contributed by atoms with Gasteiger partial charge >= 0.3 is 6.01 Å². The van der Waals surface area contributed by atoms with Crippen LogP contribution in [0, 0.1) is 11.3 Å². The van der Waals surface area contributed by atoms with Gasteiger partial charge in [0.25, 0.3) is 0 Å². The molecule has 21 heavy (non-hydrogen) atoms. The van der Waals surface area contributed by atoms with Crippen molar-refractivity contribution in [2.75, 3.05) is 12.8 Å². The number of nitrogen functional groups attached to an aromatic ring is 1. The van der Waals surface area contributed by atoms with Crippen LogP contribution in [0.3, 0.4) is 0 Å². The summed E-state index contributed by atoms with van der Waals surface area (Å²) in [5.41, 5.74) is 8.75. The number of pyridine rings is 1. The molecule has 0 aromatic carbocycles. The molecule has 0 bridgehead atoms. The Morgan fingerprint density at radius 3 is 2.52 bits per heavy atom. The van der Waals surface area contributed by atoms with E-state index in [0.29, 0.717) is 5.56 Å². The first-order valence-corrected chi connectivity index (χ1v) is 6.65. The summed E-state index contributed by atoms with van der Waals surface area (Å²) in [6.07, 6.45) is 5.43. The molecule has 0 spiro atoms. The largest absolute Gasteiger partial charge is 0.467 e. The van der Waals surface area contributed by atoms with Gasteiger partial charge in [0, 0.05) is 34.6 Å². The van der Waals surface area contributed by atoms with Gasteiger partial charge < -0.3 is 10.5 Å². The predicted molar refractivity (Wildman–Crippen MR) is 77.5 cm³/mol. The van der Waals surface area contributed by atoms with Crippen molar-refractivity contribution in [3.8, 4) is 23.2 Å². The molecule has 6 heteroatoms. The molecular weight excluding hydrogens is 266 g/mol.